The van der Waals surface area contributed by atoms with Crippen molar-refractivity contribution in [3.8, 4) is 0 Å². The van der Waals surface area contributed by atoms with Gasteiger partial charge in [0.15, 0.2) is 6.61 Å². The number of benzene rings is 2. The monoisotopic (exact) mass is 391 g/mol. The highest BCUT2D eigenvalue weighted by Crippen LogP contribution is 2.27. The fourth-order valence-corrected chi connectivity index (χ4v) is 2.36. The van der Waals surface area contributed by atoms with E-state index in [0.29, 0.717) is 15.7 Å². The second kappa shape index (κ2) is 7.88. The molecule has 0 bridgehead atoms. The predicted octanol–water partition coefficient (Wildman–Crippen LogP) is 5.10. The molecule has 0 radical (unpaired) electrons. The van der Waals surface area contributed by atoms with Gasteiger partial charge in [0, 0.05) is 5.02 Å². The van der Waals surface area contributed by atoms with Crippen molar-refractivity contribution in [2.24, 2.45) is 0 Å². The van der Waals surface area contributed by atoms with Crippen LogP contribution in [0.2, 0.25) is 20.1 Å². The summed E-state index contributed by atoms with van der Waals surface area (Å²) in [6.07, 6.45) is 0. The Bertz CT molecular complexity index is 764. The zero-order chi connectivity index (χ0) is 17.0. The molecule has 0 unspecified atom stereocenters. The van der Waals surface area contributed by atoms with Gasteiger partial charge in [-0.2, -0.15) is 0 Å². The van der Waals surface area contributed by atoms with Gasteiger partial charge in [-0.05, 0) is 30.3 Å². The van der Waals surface area contributed by atoms with Crippen LogP contribution in [-0.4, -0.2) is 18.5 Å². The van der Waals surface area contributed by atoms with Crippen molar-refractivity contribution in [3.63, 3.8) is 0 Å². The number of rotatable bonds is 4. The first-order valence-corrected chi connectivity index (χ1v) is 7.75. The largest absolute Gasteiger partial charge is 0.452 e. The van der Waals surface area contributed by atoms with E-state index >= 15 is 0 Å². The number of nitrogens with one attached hydrogen (secondary N) is 1. The van der Waals surface area contributed by atoms with Crippen LogP contribution in [0.15, 0.2) is 36.4 Å². The van der Waals surface area contributed by atoms with Gasteiger partial charge >= 0.3 is 5.97 Å². The second-order valence-electron chi connectivity index (χ2n) is 4.35. The number of anilines is 1. The van der Waals surface area contributed by atoms with E-state index in [-0.39, 0.29) is 15.6 Å². The normalized spacial score (nSPS) is 10.3. The van der Waals surface area contributed by atoms with Crippen molar-refractivity contribution >= 4 is 64.0 Å². The van der Waals surface area contributed by atoms with E-state index in [4.69, 9.17) is 51.1 Å². The molecule has 0 aliphatic rings. The molecule has 0 spiro atoms. The minimum atomic E-state index is -0.759. The Hall–Kier alpha value is -1.46. The molecule has 0 aromatic heterocycles. The van der Waals surface area contributed by atoms with Gasteiger partial charge in [-0.25, -0.2) is 4.79 Å². The predicted molar refractivity (Wildman–Crippen MR) is 91.8 cm³/mol. The summed E-state index contributed by atoms with van der Waals surface area (Å²) in [6, 6.07) is 9.14. The van der Waals surface area contributed by atoms with E-state index < -0.39 is 18.5 Å². The summed E-state index contributed by atoms with van der Waals surface area (Å²) >= 11 is 23.5. The molecule has 0 saturated heterocycles. The number of ether oxygens (including phenoxy) is 1. The van der Waals surface area contributed by atoms with Gasteiger partial charge in [0.1, 0.15) is 0 Å². The molecule has 4 nitrogen and oxygen atoms in total. The van der Waals surface area contributed by atoms with Gasteiger partial charge in [0.05, 0.1) is 26.3 Å². The molecule has 2 aromatic rings. The Morgan fingerprint density at radius 2 is 1.74 bits per heavy atom. The van der Waals surface area contributed by atoms with E-state index in [2.05, 4.69) is 5.32 Å². The van der Waals surface area contributed by atoms with Crippen molar-refractivity contribution in [2.45, 2.75) is 0 Å². The molecule has 120 valence electrons. The number of carbonyl (C=O) groups excluding carboxylic acids is 2. The molecule has 1 N–H and O–H groups in total. The second-order valence-corrected chi connectivity index (χ2v) is 5.98. The van der Waals surface area contributed by atoms with Crippen LogP contribution < -0.4 is 5.32 Å². The highest BCUT2D eigenvalue weighted by Gasteiger charge is 2.16. The Morgan fingerprint density at radius 3 is 2.48 bits per heavy atom. The van der Waals surface area contributed by atoms with Gasteiger partial charge < -0.3 is 10.1 Å². The first kappa shape index (κ1) is 17.9. The molecule has 0 atom stereocenters. The minimum Gasteiger partial charge on any atom is -0.452 e. The lowest BCUT2D eigenvalue weighted by Gasteiger charge is -2.09. The Balaban J connectivity index is 1.98. The van der Waals surface area contributed by atoms with Gasteiger partial charge in [0.2, 0.25) is 0 Å². The summed E-state index contributed by atoms with van der Waals surface area (Å²) in [5, 5.41) is 3.50. The average Bonchev–Trinajstić information content (AvgIpc) is 2.51. The van der Waals surface area contributed by atoms with Crippen molar-refractivity contribution in [3.05, 3.63) is 62.1 Å². The maximum absolute atomic E-state index is 11.9. The molecular weight excluding hydrogens is 384 g/mol. The van der Waals surface area contributed by atoms with Crippen LogP contribution in [0.4, 0.5) is 5.69 Å². The van der Waals surface area contributed by atoms with E-state index in [1.54, 1.807) is 12.1 Å². The molecule has 0 fully saturated rings. The molecule has 2 rings (SSSR count). The smallest absolute Gasteiger partial charge is 0.340 e. The molecule has 23 heavy (non-hydrogen) atoms. The van der Waals surface area contributed by atoms with Crippen molar-refractivity contribution in [1.82, 2.24) is 0 Å². The summed E-state index contributed by atoms with van der Waals surface area (Å²) in [7, 11) is 0. The topological polar surface area (TPSA) is 55.4 Å². The van der Waals surface area contributed by atoms with Gasteiger partial charge in [-0.15, -0.1) is 0 Å². The quantitative estimate of drug-likeness (QED) is 0.736. The van der Waals surface area contributed by atoms with Crippen molar-refractivity contribution < 1.29 is 14.3 Å². The van der Waals surface area contributed by atoms with Crippen LogP contribution in [0.1, 0.15) is 10.4 Å². The number of hydrogen-bond donors (Lipinski definition) is 1. The summed E-state index contributed by atoms with van der Waals surface area (Å²) in [5.41, 5.74) is 0.397. The average molecular weight is 393 g/mol. The molecule has 0 heterocycles. The lowest BCUT2D eigenvalue weighted by molar-refractivity contribution is -0.119. The minimum absolute atomic E-state index is 0.0671. The highest BCUT2D eigenvalue weighted by molar-refractivity contribution is 6.43. The zero-order valence-electron chi connectivity index (χ0n) is 11.4. The summed E-state index contributed by atoms with van der Waals surface area (Å²) in [6.45, 7) is -0.509. The van der Waals surface area contributed by atoms with Crippen LogP contribution in [0.3, 0.4) is 0 Å². The molecule has 8 heteroatoms. The third-order valence-corrected chi connectivity index (χ3v) is 4.09. The van der Waals surface area contributed by atoms with E-state index in [9.17, 15) is 9.59 Å². The summed E-state index contributed by atoms with van der Waals surface area (Å²) < 4.78 is 4.90. The fraction of sp³-hybridized carbons (Fsp3) is 0.0667. The van der Waals surface area contributed by atoms with Crippen LogP contribution in [0, 0.1) is 0 Å². The summed E-state index contributed by atoms with van der Waals surface area (Å²) in [4.78, 5) is 23.7. The van der Waals surface area contributed by atoms with Crippen LogP contribution in [0.5, 0.6) is 0 Å². The Morgan fingerprint density at radius 1 is 1.00 bits per heavy atom. The fourth-order valence-electron chi connectivity index (χ4n) is 1.65. The Labute approximate surface area is 152 Å². The van der Waals surface area contributed by atoms with E-state index in [0.717, 1.165) is 0 Å². The van der Waals surface area contributed by atoms with Crippen LogP contribution in [-0.2, 0) is 9.53 Å². The van der Waals surface area contributed by atoms with E-state index in [1.165, 1.54) is 24.3 Å². The van der Waals surface area contributed by atoms with Gasteiger partial charge in [0.25, 0.3) is 5.91 Å². The maximum Gasteiger partial charge on any atom is 0.340 e. The number of halogens is 4. The first-order valence-electron chi connectivity index (χ1n) is 6.24. The molecular formula is C15H9Cl4NO3. The lowest BCUT2D eigenvalue weighted by atomic mass is 10.2. The number of carbonyl (C=O) groups is 2. The SMILES string of the molecule is O=C(COC(=O)c1cccc(Cl)c1Cl)Nc1cc(Cl)ccc1Cl. The Kier molecular flexibility index (Phi) is 6.13. The molecule has 0 aliphatic heterocycles. The first-order chi connectivity index (χ1) is 10.9. The third kappa shape index (κ3) is 4.75. The van der Waals surface area contributed by atoms with Crippen LogP contribution in [0.25, 0.3) is 0 Å². The third-order valence-electron chi connectivity index (χ3n) is 2.71. The molecule has 0 aliphatic carbocycles. The van der Waals surface area contributed by atoms with Crippen molar-refractivity contribution in [1.29, 1.82) is 0 Å². The number of hydrogen-bond acceptors (Lipinski definition) is 3. The highest BCUT2D eigenvalue weighted by atomic mass is 35.5. The number of esters is 1. The van der Waals surface area contributed by atoms with Gasteiger partial charge in [-0.1, -0.05) is 52.5 Å². The molecule has 0 saturated carbocycles. The zero-order valence-corrected chi connectivity index (χ0v) is 14.4. The van der Waals surface area contributed by atoms with Crippen molar-refractivity contribution in [2.75, 3.05) is 11.9 Å². The lowest BCUT2D eigenvalue weighted by Crippen LogP contribution is -2.21. The molecule has 2 aromatic carbocycles. The van der Waals surface area contributed by atoms with Gasteiger partial charge in [-0.3, -0.25) is 4.79 Å². The standard InChI is InChI=1S/C15H9Cl4NO3/c16-8-4-5-10(17)12(6-8)20-13(21)7-23-15(22)9-2-1-3-11(18)14(9)19/h1-6H,7H2,(H,20,21). The van der Waals surface area contributed by atoms with E-state index in [1.807, 2.05) is 0 Å². The summed E-state index contributed by atoms with van der Waals surface area (Å²) in [5.74, 6) is -1.33. The van der Waals surface area contributed by atoms with Crippen LogP contribution >= 0.6 is 46.4 Å². The molecule has 1 amide bonds. The maximum atomic E-state index is 11.9. The number of amides is 1.